The van der Waals surface area contributed by atoms with E-state index in [-0.39, 0.29) is 0 Å². The van der Waals surface area contributed by atoms with Gasteiger partial charge >= 0.3 is 0 Å². The van der Waals surface area contributed by atoms with E-state index in [1.165, 1.54) is 45.0 Å². The summed E-state index contributed by atoms with van der Waals surface area (Å²) < 4.78 is 2.47. The van der Waals surface area contributed by atoms with E-state index in [9.17, 15) is 0 Å². The van der Waals surface area contributed by atoms with E-state index in [0.29, 0.717) is 12.1 Å². The van der Waals surface area contributed by atoms with Gasteiger partial charge in [-0.15, -0.1) is 0 Å². The molecule has 0 bridgehead atoms. The Bertz CT molecular complexity index is 889. The molecule has 0 amide bonds. The van der Waals surface area contributed by atoms with Gasteiger partial charge < -0.3 is 4.90 Å². The molecule has 0 aromatic heterocycles. The number of hydrogen-bond acceptors (Lipinski definition) is 1. The topological polar surface area (TPSA) is 6.25 Å². The second kappa shape index (κ2) is 9.43. The summed E-state index contributed by atoms with van der Waals surface area (Å²) in [7, 11) is 0. The summed E-state index contributed by atoms with van der Waals surface area (Å²) in [6.07, 6.45) is 2.34. The highest BCUT2D eigenvalue weighted by atomic mass is 15.2. The van der Waals surface area contributed by atoms with Crippen LogP contribution in [0.1, 0.15) is 63.8 Å². The van der Waals surface area contributed by atoms with Gasteiger partial charge in [0.1, 0.15) is 0 Å². The molecule has 0 heterocycles. The maximum absolute atomic E-state index is 2.47. The Kier molecular flexibility index (Phi) is 7.46. The van der Waals surface area contributed by atoms with E-state index >= 15 is 0 Å². The highest BCUT2D eigenvalue weighted by Crippen LogP contribution is 2.30. The monoisotopic (exact) mass is 391 g/mol. The van der Waals surface area contributed by atoms with Crippen LogP contribution in [0.25, 0.3) is 0 Å². The first kappa shape index (κ1) is 22.9. The molecule has 2 aromatic rings. The lowest BCUT2D eigenvalue weighted by atomic mass is 10.0. The van der Waals surface area contributed by atoms with Crippen LogP contribution in [0, 0.1) is 27.7 Å². The van der Waals surface area contributed by atoms with Crippen LogP contribution < -0.4 is 4.90 Å². The van der Waals surface area contributed by atoms with Gasteiger partial charge in [0.25, 0.3) is 0 Å². The molecule has 0 saturated heterocycles. The predicted molar refractivity (Wildman–Crippen MR) is 129 cm³/mol. The molecule has 0 aliphatic rings. The molecule has 2 aromatic carbocycles. The normalized spacial score (nSPS) is 13.2. The summed E-state index contributed by atoms with van der Waals surface area (Å²) in [4.78, 5) is 2.47. The van der Waals surface area contributed by atoms with Crippen LogP contribution in [0.3, 0.4) is 0 Å². The van der Waals surface area contributed by atoms with Crippen molar-refractivity contribution in [2.45, 2.75) is 81.3 Å². The molecular weight excluding hydrogens is 352 g/mol. The molecular formula is C27H39N2+. The number of nitrogens with zero attached hydrogens (tertiary/aromatic N) is 2. The zero-order valence-electron chi connectivity index (χ0n) is 20.1. The molecule has 2 rings (SSSR count). The minimum absolute atomic E-state index is 0.381. The molecule has 0 spiro atoms. The lowest BCUT2D eigenvalue weighted by molar-refractivity contribution is -0.476. The predicted octanol–water partition coefficient (Wildman–Crippen LogP) is 7.25. The molecule has 0 unspecified atom stereocenters. The maximum Gasteiger partial charge on any atom is 0.211 e. The Hall–Kier alpha value is -2.35. The smallest absolute Gasteiger partial charge is 0.211 e. The van der Waals surface area contributed by atoms with Gasteiger partial charge in [0.2, 0.25) is 5.69 Å². The summed E-state index contributed by atoms with van der Waals surface area (Å²) in [5, 5.41) is 0. The number of benzene rings is 2. The SMILES string of the molecule is CC(=CC(C)=[N+](c1c(C)cccc1C)C(C)C)N(c1c(C)cccc1C)C(C)C. The van der Waals surface area contributed by atoms with Crippen molar-refractivity contribution in [2.75, 3.05) is 4.90 Å². The van der Waals surface area contributed by atoms with Crippen molar-refractivity contribution in [2.24, 2.45) is 0 Å². The Labute approximate surface area is 178 Å². The average Bonchev–Trinajstić information content (AvgIpc) is 2.60. The van der Waals surface area contributed by atoms with Crippen molar-refractivity contribution in [1.29, 1.82) is 0 Å². The molecule has 156 valence electrons. The molecule has 0 aliphatic heterocycles. The quantitative estimate of drug-likeness (QED) is 0.371. The third-order valence-electron chi connectivity index (χ3n) is 5.57. The van der Waals surface area contributed by atoms with E-state index in [1.54, 1.807) is 0 Å². The summed E-state index contributed by atoms with van der Waals surface area (Å²) in [5.41, 5.74) is 10.5. The first-order valence-corrected chi connectivity index (χ1v) is 10.8. The molecule has 0 saturated carbocycles. The van der Waals surface area contributed by atoms with E-state index in [2.05, 4.69) is 121 Å². The van der Waals surface area contributed by atoms with E-state index in [1.807, 2.05) is 0 Å². The molecule has 0 aliphatic carbocycles. The third kappa shape index (κ3) is 4.98. The van der Waals surface area contributed by atoms with Gasteiger partial charge in [-0.2, -0.15) is 4.58 Å². The summed E-state index contributed by atoms with van der Waals surface area (Å²) in [6, 6.07) is 13.9. The first-order valence-electron chi connectivity index (χ1n) is 10.8. The Morgan fingerprint density at radius 3 is 1.66 bits per heavy atom. The number of anilines is 1. The van der Waals surface area contributed by atoms with E-state index in [4.69, 9.17) is 0 Å². The fraction of sp³-hybridized carbons (Fsp3) is 0.444. The average molecular weight is 392 g/mol. The summed E-state index contributed by atoms with van der Waals surface area (Å²) in [6.45, 7) is 22.4. The number of para-hydroxylation sites is 2. The van der Waals surface area contributed by atoms with Crippen molar-refractivity contribution in [3.05, 3.63) is 70.4 Å². The number of allylic oxidation sites excluding steroid dienone is 2. The highest BCUT2D eigenvalue weighted by Gasteiger charge is 2.23. The van der Waals surface area contributed by atoms with Gasteiger partial charge in [-0.05, 0) is 73.4 Å². The van der Waals surface area contributed by atoms with Crippen LogP contribution in [0.4, 0.5) is 11.4 Å². The standard InChI is InChI=1S/C27H39N2/c1-18(2)28(26-20(5)13-11-14-21(26)6)24(9)17-25(10)29(19(3)4)27-22(7)15-12-16-23(27)8/h11-19H,1-10H3/q+1. The van der Waals surface area contributed by atoms with Crippen LogP contribution in [0.5, 0.6) is 0 Å². The van der Waals surface area contributed by atoms with Crippen molar-refractivity contribution in [3.63, 3.8) is 0 Å². The molecule has 0 atom stereocenters. The van der Waals surface area contributed by atoms with Gasteiger partial charge in [-0.25, -0.2) is 0 Å². The molecule has 2 heteroatoms. The highest BCUT2D eigenvalue weighted by molar-refractivity contribution is 5.91. The number of rotatable bonds is 6. The van der Waals surface area contributed by atoms with Gasteiger partial charge in [-0.3, -0.25) is 0 Å². The van der Waals surface area contributed by atoms with Crippen LogP contribution >= 0.6 is 0 Å². The first-order chi connectivity index (χ1) is 13.6. The van der Waals surface area contributed by atoms with Gasteiger partial charge in [-0.1, -0.05) is 36.4 Å². The molecule has 0 N–H and O–H groups in total. The van der Waals surface area contributed by atoms with Gasteiger partial charge in [0.15, 0.2) is 11.8 Å². The lowest BCUT2D eigenvalue weighted by Gasteiger charge is -2.32. The van der Waals surface area contributed by atoms with Crippen LogP contribution in [0.2, 0.25) is 0 Å². The van der Waals surface area contributed by atoms with Gasteiger partial charge in [0, 0.05) is 41.6 Å². The molecule has 0 radical (unpaired) electrons. The van der Waals surface area contributed by atoms with Crippen LogP contribution in [-0.2, 0) is 0 Å². The summed E-state index contributed by atoms with van der Waals surface area (Å²) >= 11 is 0. The van der Waals surface area contributed by atoms with Crippen LogP contribution in [-0.4, -0.2) is 22.4 Å². The minimum atomic E-state index is 0.381. The molecule has 0 fully saturated rings. The summed E-state index contributed by atoms with van der Waals surface area (Å²) in [5.74, 6) is 0. The minimum Gasteiger partial charge on any atom is -0.342 e. The molecule has 2 nitrogen and oxygen atoms in total. The second-order valence-corrected chi connectivity index (χ2v) is 8.84. The van der Waals surface area contributed by atoms with Crippen LogP contribution in [0.15, 0.2) is 48.2 Å². The molecule has 29 heavy (non-hydrogen) atoms. The zero-order chi connectivity index (χ0) is 21.9. The van der Waals surface area contributed by atoms with E-state index < -0.39 is 0 Å². The number of aryl methyl sites for hydroxylation is 4. The second-order valence-electron chi connectivity index (χ2n) is 8.84. The number of hydrogen-bond donors (Lipinski definition) is 0. The van der Waals surface area contributed by atoms with E-state index in [0.717, 1.165) is 0 Å². The Morgan fingerprint density at radius 2 is 1.24 bits per heavy atom. The largest absolute Gasteiger partial charge is 0.342 e. The Balaban J connectivity index is 2.66. The maximum atomic E-state index is 2.47. The third-order valence-corrected chi connectivity index (χ3v) is 5.57. The lowest BCUT2D eigenvalue weighted by Crippen LogP contribution is -2.31. The fourth-order valence-electron chi connectivity index (χ4n) is 4.50. The van der Waals surface area contributed by atoms with Crippen molar-refractivity contribution in [3.8, 4) is 0 Å². The van der Waals surface area contributed by atoms with Gasteiger partial charge in [0.05, 0.1) is 0 Å². The van der Waals surface area contributed by atoms with Crippen molar-refractivity contribution < 1.29 is 4.58 Å². The zero-order valence-corrected chi connectivity index (χ0v) is 20.1. The Morgan fingerprint density at radius 1 is 0.793 bits per heavy atom. The fourth-order valence-corrected chi connectivity index (χ4v) is 4.50. The van der Waals surface area contributed by atoms with Crippen molar-refractivity contribution in [1.82, 2.24) is 0 Å². The van der Waals surface area contributed by atoms with Crippen molar-refractivity contribution >= 4 is 17.1 Å².